The second-order valence-corrected chi connectivity index (χ2v) is 9.16. The molecule has 9 heteroatoms. The van der Waals surface area contributed by atoms with E-state index in [0.717, 1.165) is 5.56 Å². The molecule has 32 heavy (non-hydrogen) atoms. The molecule has 0 saturated carbocycles. The molecule has 0 spiro atoms. The third-order valence-electron chi connectivity index (χ3n) is 4.51. The Labute approximate surface area is 192 Å². The summed E-state index contributed by atoms with van der Waals surface area (Å²) < 4.78 is 38.9. The lowest BCUT2D eigenvalue weighted by Crippen LogP contribution is -2.30. The van der Waals surface area contributed by atoms with E-state index in [1.54, 1.807) is 43.3 Å². The molecule has 168 valence electrons. The van der Waals surface area contributed by atoms with E-state index in [9.17, 15) is 13.2 Å². The number of benzene rings is 3. The predicted molar refractivity (Wildman–Crippen MR) is 125 cm³/mol. The van der Waals surface area contributed by atoms with E-state index in [0.29, 0.717) is 27.9 Å². The lowest BCUT2D eigenvalue weighted by molar-refractivity contribution is -0.122. The van der Waals surface area contributed by atoms with Gasteiger partial charge in [-0.3, -0.25) is 9.52 Å². The van der Waals surface area contributed by atoms with E-state index in [1.165, 1.54) is 31.4 Å². The van der Waals surface area contributed by atoms with Crippen LogP contribution in [0.25, 0.3) is 0 Å². The molecular formula is C23H23ClN2O5S. The summed E-state index contributed by atoms with van der Waals surface area (Å²) in [7, 11) is -2.38. The van der Waals surface area contributed by atoms with Gasteiger partial charge in [0.05, 0.1) is 17.7 Å². The van der Waals surface area contributed by atoms with Crippen LogP contribution in [0.2, 0.25) is 5.02 Å². The Morgan fingerprint density at radius 1 is 1.03 bits per heavy atom. The maximum absolute atomic E-state index is 12.8. The number of anilines is 2. The van der Waals surface area contributed by atoms with Gasteiger partial charge in [-0.15, -0.1) is 0 Å². The first-order valence-electron chi connectivity index (χ1n) is 9.68. The van der Waals surface area contributed by atoms with Crippen LogP contribution in [0.1, 0.15) is 12.5 Å². The van der Waals surface area contributed by atoms with Crippen LogP contribution in [0.15, 0.2) is 71.6 Å². The van der Waals surface area contributed by atoms with Crippen molar-refractivity contribution in [2.75, 3.05) is 17.1 Å². The van der Waals surface area contributed by atoms with Gasteiger partial charge in [-0.25, -0.2) is 8.42 Å². The molecular weight excluding hydrogens is 452 g/mol. The number of carbonyl (C=O) groups excluding carboxylic acids is 1. The molecule has 0 saturated heterocycles. The van der Waals surface area contributed by atoms with Crippen molar-refractivity contribution < 1.29 is 22.7 Å². The minimum absolute atomic E-state index is 0.0438. The molecule has 0 aliphatic rings. The molecule has 3 aromatic carbocycles. The third-order valence-corrected chi connectivity index (χ3v) is 6.13. The molecule has 0 heterocycles. The number of methoxy groups -OCH3 is 1. The number of sulfonamides is 1. The summed E-state index contributed by atoms with van der Waals surface area (Å²) in [5.41, 5.74) is 1.66. The van der Waals surface area contributed by atoms with Crippen LogP contribution in [0.4, 0.5) is 11.4 Å². The van der Waals surface area contributed by atoms with Gasteiger partial charge in [0.15, 0.2) is 6.10 Å². The van der Waals surface area contributed by atoms with Gasteiger partial charge in [0, 0.05) is 10.7 Å². The molecule has 0 aliphatic heterocycles. The van der Waals surface area contributed by atoms with Gasteiger partial charge in [-0.2, -0.15) is 0 Å². The van der Waals surface area contributed by atoms with Crippen molar-refractivity contribution >= 4 is 38.9 Å². The zero-order valence-corrected chi connectivity index (χ0v) is 19.3. The van der Waals surface area contributed by atoms with E-state index in [1.807, 2.05) is 13.0 Å². The van der Waals surface area contributed by atoms with E-state index in [-0.39, 0.29) is 10.8 Å². The fraction of sp³-hybridized carbons (Fsp3) is 0.174. The third kappa shape index (κ3) is 5.93. The minimum atomic E-state index is -3.85. The van der Waals surface area contributed by atoms with Crippen molar-refractivity contribution in [2.45, 2.75) is 24.8 Å². The van der Waals surface area contributed by atoms with Crippen molar-refractivity contribution in [3.8, 4) is 11.5 Å². The van der Waals surface area contributed by atoms with Gasteiger partial charge < -0.3 is 14.8 Å². The summed E-state index contributed by atoms with van der Waals surface area (Å²) in [4.78, 5) is 12.5. The lowest BCUT2D eigenvalue weighted by atomic mass is 10.2. The zero-order chi connectivity index (χ0) is 23.3. The van der Waals surface area contributed by atoms with Gasteiger partial charge in [-0.1, -0.05) is 23.7 Å². The summed E-state index contributed by atoms with van der Waals surface area (Å²) in [6.45, 7) is 3.46. The molecule has 3 rings (SSSR count). The summed E-state index contributed by atoms with van der Waals surface area (Å²) in [5.74, 6) is 0.499. The van der Waals surface area contributed by atoms with Gasteiger partial charge >= 0.3 is 0 Å². The van der Waals surface area contributed by atoms with E-state index < -0.39 is 16.1 Å². The molecule has 0 aromatic heterocycles. The monoisotopic (exact) mass is 474 g/mol. The molecule has 2 N–H and O–H groups in total. The van der Waals surface area contributed by atoms with Crippen LogP contribution in [-0.4, -0.2) is 27.5 Å². The summed E-state index contributed by atoms with van der Waals surface area (Å²) in [6.07, 6.45) is -0.785. The van der Waals surface area contributed by atoms with Crippen LogP contribution in [0.3, 0.4) is 0 Å². The number of halogens is 1. The van der Waals surface area contributed by atoms with Crippen molar-refractivity contribution in [1.29, 1.82) is 0 Å². The highest BCUT2D eigenvalue weighted by atomic mass is 35.5. The molecule has 7 nitrogen and oxygen atoms in total. The fourth-order valence-corrected chi connectivity index (χ4v) is 4.11. The number of rotatable bonds is 8. The smallest absolute Gasteiger partial charge is 0.265 e. The molecule has 1 amide bonds. The largest absolute Gasteiger partial charge is 0.495 e. The van der Waals surface area contributed by atoms with Crippen molar-refractivity contribution in [1.82, 2.24) is 0 Å². The molecule has 0 bridgehead atoms. The first-order valence-corrected chi connectivity index (χ1v) is 11.5. The summed E-state index contributed by atoms with van der Waals surface area (Å²) in [5, 5.41) is 3.20. The Morgan fingerprint density at radius 3 is 2.41 bits per heavy atom. The Bertz CT molecular complexity index is 1210. The minimum Gasteiger partial charge on any atom is -0.495 e. The van der Waals surface area contributed by atoms with E-state index in [2.05, 4.69) is 10.0 Å². The maximum atomic E-state index is 12.8. The van der Waals surface area contributed by atoms with E-state index in [4.69, 9.17) is 21.1 Å². The second kappa shape index (κ2) is 9.93. The average molecular weight is 475 g/mol. The normalized spacial score (nSPS) is 12.0. The Kier molecular flexibility index (Phi) is 7.27. The van der Waals surface area contributed by atoms with Crippen molar-refractivity contribution in [3.63, 3.8) is 0 Å². The topological polar surface area (TPSA) is 93.7 Å². The van der Waals surface area contributed by atoms with Crippen LogP contribution >= 0.6 is 11.6 Å². The summed E-state index contributed by atoms with van der Waals surface area (Å²) >= 11 is 5.92. The SMILES string of the molecule is COc1ccc(C)cc1NS(=O)(=O)c1ccc(NC(=O)C(C)Oc2cccc(Cl)c2)cc1. The number of aryl methyl sites for hydroxylation is 1. The zero-order valence-electron chi connectivity index (χ0n) is 17.8. The highest BCUT2D eigenvalue weighted by molar-refractivity contribution is 7.92. The first-order chi connectivity index (χ1) is 15.2. The van der Waals surface area contributed by atoms with Crippen LogP contribution in [-0.2, 0) is 14.8 Å². The number of nitrogens with one attached hydrogen (secondary N) is 2. The van der Waals surface area contributed by atoms with Gasteiger partial charge in [0.25, 0.3) is 15.9 Å². The number of hydrogen-bond acceptors (Lipinski definition) is 5. The van der Waals surface area contributed by atoms with Crippen LogP contribution in [0, 0.1) is 6.92 Å². The Hall–Kier alpha value is -3.23. The van der Waals surface area contributed by atoms with Crippen molar-refractivity contribution in [2.24, 2.45) is 0 Å². The van der Waals surface area contributed by atoms with Crippen LogP contribution in [0.5, 0.6) is 11.5 Å². The molecule has 1 unspecified atom stereocenters. The second-order valence-electron chi connectivity index (χ2n) is 7.04. The lowest BCUT2D eigenvalue weighted by Gasteiger charge is -2.15. The molecule has 3 aromatic rings. The maximum Gasteiger partial charge on any atom is 0.265 e. The Morgan fingerprint density at radius 2 is 1.75 bits per heavy atom. The van der Waals surface area contributed by atoms with Gasteiger partial charge in [-0.05, 0) is 74.0 Å². The van der Waals surface area contributed by atoms with Crippen LogP contribution < -0.4 is 19.5 Å². The average Bonchev–Trinajstić information content (AvgIpc) is 2.74. The first kappa shape index (κ1) is 23.4. The highest BCUT2D eigenvalue weighted by Crippen LogP contribution is 2.28. The highest BCUT2D eigenvalue weighted by Gasteiger charge is 2.18. The number of carbonyl (C=O) groups is 1. The fourth-order valence-electron chi connectivity index (χ4n) is 2.86. The van der Waals surface area contributed by atoms with Gasteiger partial charge in [0.2, 0.25) is 0 Å². The number of hydrogen-bond donors (Lipinski definition) is 2. The quantitative estimate of drug-likeness (QED) is 0.486. The van der Waals surface area contributed by atoms with E-state index >= 15 is 0 Å². The summed E-state index contributed by atoms with van der Waals surface area (Å²) in [6, 6.07) is 17.8. The molecule has 0 aliphatic carbocycles. The number of amides is 1. The standard InChI is InChI=1S/C23H23ClN2O5S/c1-15-7-12-22(30-3)21(13-15)26-32(28,29)20-10-8-18(9-11-20)25-23(27)16(2)31-19-6-4-5-17(24)14-19/h4-14,16,26H,1-3H3,(H,25,27). The Balaban J connectivity index is 1.67. The van der Waals surface area contributed by atoms with Crippen molar-refractivity contribution in [3.05, 3.63) is 77.3 Å². The number of ether oxygens (including phenoxy) is 2. The van der Waals surface area contributed by atoms with Gasteiger partial charge in [0.1, 0.15) is 11.5 Å². The molecule has 0 radical (unpaired) electrons. The molecule has 0 fully saturated rings. The molecule has 1 atom stereocenters. The predicted octanol–water partition coefficient (Wildman–Crippen LogP) is 4.86.